The Hall–Kier alpha value is -2.08. The third-order valence-corrected chi connectivity index (χ3v) is 5.74. The van der Waals surface area contributed by atoms with Crippen LogP contribution in [0.4, 0.5) is 0 Å². The van der Waals surface area contributed by atoms with Gasteiger partial charge in [-0.3, -0.25) is 4.79 Å². The number of nitrogens with zero attached hydrogens (tertiary/aromatic N) is 1. The van der Waals surface area contributed by atoms with Gasteiger partial charge < -0.3 is 15.6 Å². The highest BCUT2D eigenvalue weighted by molar-refractivity contribution is 7.89. The van der Waals surface area contributed by atoms with Gasteiger partial charge in [-0.1, -0.05) is 5.92 Å². The molecule has 1 aromatic carbocycles. The monoisotopic (exact) mass is 352 g/mol. The Balaban J connectivity index is 2.10. The van der Waals surface area contributed by atoms with Gasteiger partial charge in [0.1, 0.15) is 12.4 Å². The second-order valence-electron chi connectivity index (χ2n) is 5.41. The topological polar surface area (TPSA) is 110 Å². The zero-order chi connectivity index (χ0) is 17.7. The van der Waals surface area contributed by atoms with Gasteiger partial charge in [-0.25, -0.2) is 8.42 Å². The number of sulfonamides is 1. The number of benzene rings is 1. The molecule has 8 heteroatoms. The number of nitrogens with two attached hydrogens (primary N) is 1. The maximum Gasteiger partial charge on any atom is 0.243 e. The predicted octanol–water partition coefficient (Wildman–Crippen LogP) is -0.0545. The summed E-state index contributed by atoms with van der Waals surface area (Å²) in [6, 6.07) is 5.99. The summed E-state index contributed by atoms with van der Waals surface area (Å²) in [4.78, 5) is 11.3. The molecule has 2 unspecified atom stereocenters. The van der Waals surface area contributed by atoms with Crippen LogP contribution >= 0.6 is 0 Å². The molecule has 0 aliphatic carbocycles. The Kier molecular flexibility index (Phi) is 5.83. The van der Waals surface area contributed by atoms with E-state index in [0.717, 1.165) is 4.31 Å². The zero-order valence-corrected chi connectivity index (χ0v) is 14.1. The first-order valence-corrected chi connectivity index (χ1v) is 8.90. The SMILES string of the molecule is CC#CCOc1ccc(S(=O)(=O)N2CCC(C(N)=O)C(O)C2)cc1. The maximum absolute atomic E-state index is 12.6. The first-order chi connectivity index (χ1) is 11.4. The van der Waals surface area contributed by atoms with Gasteiger partial charge >= 0.3 is 0 Å². The molecular formula is C16H20N2O5S. The standard InChI is InChI=1S/C16H20N2O5S/c1-2-3-10-23-12-4-6-13(7-5-12)24(21,22)18-9-8-14(16(17)20)15(19)11-18/h4-7,14-15,19H,8-11H2,1H3,(H2,17,20). The van der Waals surface area contributed by atoms with E-state index in [1.165, 1.54) is 12.1 Å². The molecule has 1 aromatic rings. The second-order valence-corrected chi connectivity index (χ2v) is 7.35. The molecule has 1 amide bonds. The van der Waals surface area contributed by atoms with Crippen LogP contribution in [0.3, 0.4) is 0 Å². The van der Waals surface area contributed by atoms with Crippen LogP contribution in [0.2, 0.25) is 0 Å². The lowest BCUT2D eigenvalue weighted by Gasteiger charge is -2.33. The molecule has 0 saturated carbocycles. The van der Waals surface area contributed by atoms with Gasteiger partial charge in [0, 0.05) is 13.1 Å². The van der Waals surface area contributed by atoms with Crippen molar-refractivity contribution in [2.24, 2.45) is 11.7 Å². The van der Waals surface area contributed by atoms with Crippen LogP contribution in [0.15, 0.2) is 29.2 Å². The number of rotatable bonds is 5. The molecule has 0 spiro atoms. The lowest BCUT2D eigenvalue weighted by molar-refractivity contribution is -0.127. The number of aliphatic hydroxyl groups excluding tert-OH is 1. The summed E-state index contributed by atoms with van der Waals surface area (Å²) in [6.45, 7) is 1.92. The fraction of sp³-hybridized carbons (Fsp3) is 0.438. The van der Waals surface area contributed by atoms with E-state index in [1.807, 2.05) is 0 Å². The Labute approximate surface area is 141 Å². The number of primary amides is 1. The highest BCUT2D eigenvalue weighted by atomic mass is 32.2. The normalized spacial score (nSPS) is 21.6. The van der Waals surface area contributed by atoms with Crippen molar-refractivity contribution in [2.75, 3.05) is 19.7 Å². The first-order valence-electron chi connectivity index (χ1n) is 7.46. The molecule has 0 bridgehead atoms. The zero-order valence-electron chi connectivity index (χ0n) is 13.3. The molecule has 1 aliphatic heterocycles. The van der Waals surface area contributed by atoms with E-state index in [0.29, 0.717) is 5.75 Å². The molecule has 2 rings (SSSR count). The number of ether oxygens (including phenoxy) is 1. The minimum absolute atomic E-state index is 0.0983. The molecule has 1 fully saturated rings. The molecule has 130 valence electrons. The number of carbonyl (C=O) groups excluding carboxylic acids is 1. The van der Waals surface area contributed by atoms with Crippen LogP contribution in [0.5, 0.6) is 5.75 Å². The summed E-state index contributed by atoms with van der Waals surface area (Å²) in [7, 11) is -3.75. The minimum atomic E-state index is -3.75. The summed E-state index contributed by atoms with van der Waals surface area (Å²) in [5.74, 6) is 4.63. The number of hydrogen-bond donors (Lipinski definition) is 2. The molecule has 3 N–H and O–H groups in total. The van der Waals surface area contributed by atoms with Gasteiger partial charge in [-0.2, -0.15) is 4.31 Å². The van der Waals surface area contributed by atoms with Crippen molar-refractivity contribution in [1.29, 1.82) is 0 Å². The van der Waals surface area contributed by atoms with Crippen LogP contribution in [0.25, 0.3) is 0 Å². The summed E-state index contributed by atoms with van der Waals surface area (Å²) < 4.78 is 31.7. The maximum atomic E-state index is 12.6. The number of amides is 1. The van der Waals surface area contributed by atoms with Crippen molar-refractivity contribution in [2.45, 2.75) is 24.3 Å². The van der Waals surface area contributed by atoms with Crippen LogP contribution in [0.1, 0.15) is 13.3 Å². The molecule has 1 saturated heterocycles. The van der Waals surface area contributed by atoms with E-state index in [2.05, 4.69) is 11.8 Å². The molecule has 1 aliphatic rings. The van der Waals surface area contributed by atoms with Crippen molar-refractivity contribution in [3.63, 3.8) is 0 Å². The van der Waals surface area contributed by atoms with E-state index in [4.69, 9.17) is 10.5 Å². The average Bonchev–Trinajstić information content (AvgIpc) is 2.55. The van der Waals surface area contributed by atoms with Gasteiger partial charge in [0.25, 0.3) is 0 Å². The highest BCUT2D eigenvalue weighted by Crippen LogP contribution is 2.25. The van der Waals surface area contributed by atoms with E-state index in [1.54, 1.807) is 19.1 Å². The van der Waals surface area contributed by atoms with Gasteiger partial charge in [-0.15, -0.1) is 5.92 Å². The van der Waals surface area contributed by atoms with Gasteiger partial charge in [0.15, 0.2) is 0 Å². The third-order valence-electron chi connectivity index (χ3n) is 3.86. The van der Waals surface area contributed by atoms with Crippen molar-refractivity contribution in [1.82, 2.24) is 4.31 Å². The van der Waals surface area contributed by atoms with E-state index < -0.39 is 28.0 Å². The van der Waals surface area contributed by atoms with Crippen molar-refractivity contribution in [3.05, 3.63) is 24.3 Å². The largest absolute Gasteiger partial charge is 0.481 e. The second kappa shape index (κ2) is 7.66. The molecule has 0 radical (unpaired) electrons. The van der Waals surface area contributed by atoms with Crippen LogP contribution in [-0.2, 0) is 14.8 Å². The van der Waals surface area contributed by atoms with Crippen molar-refractivity contribution >= 4 is 15.9 Å². The van der Waals surface area contributed by atoms with E-state index in [9.17, 15) is 18.3 Å². The van der Waals surface area contributed by atoms with Crippen LogP contribution in [-0.4, -0.2) is 49.5 Å². The summed E-state index contributed by atoms with van der Waals surface area (Å²) >= 11 is 0. The Morgan fingerprint density at radius 2 is 2.08 bits per heavy atom. The number of hydrogen-bond acceptors (Lipinski definition) is 5. The van der Waals surface area contributed by atoms with Crippen molar-refractivity contribution in [3.8, 4) is 17.6 Å². The number of piperidine rings is 1. The summed E-state index contributed by atoms with van der Waals surface area (Å²) in [6.07, 6.45) is -0.895. The molecule has 0 aromatic heterocycles. The van der Waals surface area contributed by atoms with Gasteiger partial charge in [-0.05, 0) is 37.6 Å². The number of β-amino-alcohol motifs (C(OH)–C–C–N with tert-alkyl or cyclic N) is 1. The van der Waals surface area contributed by atoms with E-state index in [-0.39, 0.29) is 31.0 Å². The lowest BCUT2D eigenvalue weighted by Crippen LogP contribution is -2.50. The quantitative estimate of drug-likeness (QED) is 0.722. The van der Waals surface area contributed by atoms with Crippen molar-refractivity contribution < 1.29 is 23.1 Å². The highest BCUT2D eigenvalue weighted by Gasteiger charge is 2.37. The minimum Gasteiger partial charge on any atom is -0.481 e. The van der Waals surface area contributed by atoms with Gasteiger partial charge in [0.05, 0.1) is 16.9 Å². The molecular weight excluding hydrogens is 332 g/mol. The van der Waals surface area contributed by atoms with Crippen LogP contribution < -0.4 is 10.5 Å². The number of carbonyl (C=O) groups is 1. The average molecular weight is 352 g/mol. The van der Waals surface area contributed by atoms with Gasteiger partial charge in [0.2, 0.25) is 15.9 Å². The van der Waals surface area contributed by atoms with Crippen LogP contribution in [0, 0.1) is 17.8 Å². The molecule has 7 nitrogen and oxygen atoms in total. The first kappa shape index (κ1) is 18.3. The Morgan fingerprint density at radius 3 is 2.62 bits per heavy atom. The Morgan fingerprint density at radius 1 is 1.42 bits per heavy atom. The smallest absolute Gasteiger partial charge is 0.243 e. The molecule has 24 heavy (non-hydrogen) atoms. The molecule has 1 heterocycles. The Bertz CT molecular complexity index is 749. The predicted molar refractivity (Wildman–Crippen MR) is 87.5 cm³/mol. The lowest BCUT2D eigenvalue weighted by atomic mass is 9.95. The fourth-order valence-electron chi connectivity index (χ4n) is 2.50. The summed E-state index contributed by atoms with van der Waals surface area (Å²) in [5, 5.41) is 9.94. The fourth-order valence-corrected chi connectivity index (χ4v) is 3.97. The van der Waals surface area contributed by atoms with E-state index >= 15 is 0 Å². The third kappa shape index (κ3) is 4.06. The number of aliphatic hydroxyl groups is 1. The summed E-state index contributed by atoms with van der Waals surface area (Å²) in [5.41, 5.74) is 5.20. The molecule has 2 atom stereocenters.